The van der Waals surface area contributed by atoms with Crippen molar-refractivity contribution in [1.82, 2.24) is 9.88 Å². The molecule has 0 aliphatic carbocycles. The lowest BCUT2D eigenvalue weighted by Crippen LogP contribution is -2.21. The van der Waals surface area contributed by atoms with Gasteiger partial charge in [0.2, 0.25) is 5.91 Å². The summed E-state index contributed by atoms with van der Waals surface area (Å²) < 4.78 is 0. The Balaban J connectivity index is 2.32. The van der Waals surface area contributed by atoms with Gasteiger partial charge in [-0.05, 0) is 6.42 Å². The number of carbonyl (C=O) groups is 1. The molecule has 0 aliphatic rings. The van der Waals surface area contributed by atoms with E-state index in [4.69, 9.17) is 0 Å². The number of hydrogen-bond donors (Lipinski definition) is 0. The Hall–Kier alpha value is -0.900. The molecular formula is C8H11N2OS. The molecule has 65 valence electrons. The summed E-state index contributed by atoms with van der Waals surface area (Å²) in [5.41, 5.74) is 3.70. The average molecular weight is 183 g/mol. The van der Waals surface area contributed by atoms with E-state index in [0.29, 0.717) is 6.42 Å². The van der Waals surface area contributed by atoms with Crippen molar-refractivity contribution in [1.29, 1.82) is 0 Å². The maximum Gasteiger partial charge on any atom is 0.222 e. The van der Waals surface area contributed by atoms with E-state index in [1.165, 1.54) is 11.3 Å². The predicted molar refractivity (Wildman–Crippen MR) is 48.0 cm³/mol. The number of nitrogens with zero attached hydrogens (tertiary/aromatic N) is 2. The van der Waals surface area contributed by atoms with Crippen molar-refractivity contribution in [2.45, 2.75) is 12.8 Å². The zero-order valence-corrected chi connectivity index (χ0v) is 8.02. The number of amides is 1. The Labute approximate surface area is 76.0 Å². The zero-order chi connectivity index (χ0) is 8.97. The van der Waals surface area contributed by atoms with E-state index in [1.807, 2.05) is 5.38 Å². The molecule has 0 N–H and O–H groups in total. The van der Waals surface area contributed by atoms with Crippen LogP contribution in [0.3, 0.4) is 0 Å². The van der Waals surface area contributed by atoms with Gasteiger partial charge in [0.05, 0.1) is 5.69 Å². The van der Waals surface area contributed by atoms with E-state index in [9.17, 15) is 4.79 Å². The highest BCUT2D eigenvalue weighted by Gasteiger charge is 2.04. The average Bonchev–Trinajstić information content (AvgIpc) is 2.51. The van der Waals surface area contributed by atoms with Crippen LogP contribution in [-0.2, 0) is 11.2 Å². The highest BCUT2D eigenvalue weighted by molar-refractivity contribution is 7.07. The molecule has 0 unspecified atom stereocenters. The van der Waals surface area contributed by atoms with Crippen LogP contribution in [0, 0.1) is 5.51 Å². The fourth-order valence-electron chi connectivity index (χ4n) is 0.779. The number of thiazole rings is 1. The summed E-state index contributed by atoms with van der Waals surface area (Å²) in [5, 5.41) is 1.92. The minimum absolute atomic E-state index is 0.142. The number of aromatic nitrogens is 1. The lowest BCUT2D eigenvalue weighted by atomic mass is 10.2. The third-order valence-electron chi connectivity index (χ3n) is 1.53. The van der Waals surface area contributed by atoms with Crippen LogP contribution in [0.4, 0.5) is 0 Å². The molecule has 1 amide bonds. The first-order valence-corrected chi connectivity index (χ1v) is 4.58. The lowest BCUT2D eigenvalue weighted by Gasteiger charge is -2.08. The zero-order valence-electron chi connectivity index (χ0n) is 7.20. The first kappa shape index (κ1) is 9.19. The van der Waals surface area contributed by atoms with Gasteiger partial charge in [-0.1, -0.05) is 0 Å². The molecule has 0 aliphatic heterocycles. The van der Waals surface area contributed by atoms with Crippen LogP contribution < -0.4 is 0 Å². The largest absolute Gasteiger partial charge is 0.349 e. The fraction of sp³-hybridized carbons (Fsp3) is 0.500. The van der Waals surface area contributed by atoms with Crippen molar-refractivity contribution < 1.29 is 4.79 Å². The summed E-state index contributed by atoms with van der Waals surface area (Å²) in [6, 6.07) is 0. The second-order valence-electron chi connectivity index (χ2n) is 2.72. The molecular weight excluding hydrogens is 172 g/mol. The van der Waals surface area contributed by atoms with Crippen molar-refractivity contribution in [3.8, 4) is 0 Å². The predicted octanol–water partition coefficient (Wildman–Crippen LogP) is 0.964. The Kier molecular flexibility index (Phi) is 3.22. The van der Waals surface area contributed by atoms with Gasteiger partial charge in [0.25, 0.3) is 0 Å². The van der Waals surface area contributed by atoms with Crippen LogP contribution in [0.5, 0.6) is 0 Å². The van der Waals surface area contributed by atoms with E-state index in [2.05, 4.69) is 10.5 Å². The number of aryl methyl sites for hydroxylation is 1. The van der Waals surface area contributed by atoms with Crippen molar-refractivity contribution in [2.75, 3.05) is 14.1 Å². The number of hydrogen-bond acceptors (Lipinski definition) is 3. The normalized spacial score (nSPS) is 9.83. The maximum atomic E-state index is 11.1. The summed E-state index contributed by atoms with van der Waals surface area (Å²) in [6.45, 7) is 0. The monoisotopic (exact) mass is 183 g/mol. The molecule has 0 fully saturated rings. The van der Waals surface area contributed by atoms with Gasteiger partial charge in [0.15, 0.2) is 5.51 Å². The summed E-state index contributed by atoms with van der Waals surface area (Å²) in [7, 11) is 3.52. The molecule has 12 heavy (non-hydrogen) atoms. The lowest BCUT2D eigenvalue weighted by molar-refractivity contribution is -0.128. The summed E-state index contributed by atoms with van der Waals surface area (Å²) in [5.74, 6) is 0.142. The summed E-state index contributed by atoms with van der Waals surface area (Å²) in [4.78, 5) is 16.7. The van der Waals surface area contributed by atoms with Gasteiger partial charge >= 0.3 is 0 Å². The highest BCUT2D eigenvalue weighted by atomic mass is 32.1. The van der Waals surface area contributed by atoms with E-state index in [1.54, 1.807) is 19.0 Å². The van der Waals surface area contributed by atoms with Gasteiger partial charge in [-0.15, -0.1) is 11.3 Å². The molecule has 0 saturated carbocycles. The molecule has 3 nitrogen and oxygen atoms in total. The summed E-state index contributed by atoms with van der Waals surface area (Å²) in [6.07, 6.45) is 1.25. The molecule has 1 rings (SSSR count). The topological polar surface area (TPSA) is 33.2 Å². The maximum absolute atomic E-state index is 11.1. The van der Waals surface area contributed by atoms with E-state index >= 15 is 0 Å². The van der Waals surface area contributed by atoms with Crippen LogP contribution in [0.2, 0.25) is 0 Å². The highest BCUT2D eigenvalue weighted by Crippen LogP contribution is 2.03. The first-order chi connectivity index (χ1) is 5.70. The SMILES string of the molecule is CN(C)C(=O)CCc1cs[c]n1. The minimum Gasteiger partial charge on any atom is -0.349 e. The van der Waals surface area contributed by atoms with Crippen LogP contribution in [0.15, 0.2) is 5.38 Å². The molecule has 1 aromatic heterocycles. The molecule has 1 heterocycles. The Morgan fingerprint density at radius 2 is 2.50 bits per heavy atom. The second-order valence-corrected chi connectivity index (χ2v) is 3.37. The van der Waals surface area contributed by atoms with Crippen LogP contribution in [0.1, 0.15) is 12.1 Å². The van der Waals surface area contributed by atoms with Crippen molar-refractivity contribution in [3.05, 3.63) is 16.6 Å². The molecule has 1 radical (unpaired) electrons. The Morgan fingerprint density at radius 1 is 1.75 bits per heavy atom. The van der Waals surface area contributed by atoms with E-state index in [0.717, 1.165) is 12.1 Å². The third kappa shape index (κ3) is 2.62. The van der Waals surface area contributed by atoms with Crippen LogP contribution >= 0.6 is 11.3 Å². The molecule has 0 aromatic carbocycles. The van der Waals surface area contributed by atoms with Crippen molar-refractivity contribution in [3.63, 3.8) is 0 Å². The first-order valence-electron chi connectivity index (χ1n) is 3.70. The molecule has 0 spiro atoms. The standard InChI is InChI=1S/C8H11N2OS/c1-10(2)8(11)4-3-7-5-12-6-9-7/h5H,3-4H2,1-2H3. The van der Waals surface area contributed by atoms with Gasteiger partial charge in [0, 0.05) is 25.9 Å². The van der Waals surface area contributed by atoms with Crippen LogP contribution in [0.25, 0.3) is 0 Å². The van der Waals surface area contributed by atoms with Gasteiger partial charge < -0.3 is 4.90 Å². The quantitative estimate of drug-likeness (QED) is 0.699. The summed E-state index contributed by atoms with van der Waals surface area (Å²) >= 11 is 1.44. The minimum atomic E-state index is 0.142. The van der Waals surface area contributed by atoms with Gasteiger partial charge in [0.1, 0.15) is 0 Å². The molecule has 1 aromatic rings. The van der Waals surface area contributed by atoms with Gasteiger partial charge in [-0.3, -0.25) is 4.79 Å². The number of rotatable bonds is 3. The van der Waals surface area contributed by atoms with Gasteiger partial charge in [-0.2, -0.15) is 0 Å². The molecule has 0 atom stereocenters. The van der Waals surface area contributed by atoms with Crippen LogP contribution in [-0.4, -0.2) is 29.9 Å². The Bertz CT molecular complexity index is 244. The van der Waals surface area contributed by atoms with Crippen molar-refractivity contribution >= 4 is 17.2 Å². The second kappa shape index (κ2) is 4.21. The van der Waals surface area contributed by atoms with Gasteiger partial charge in [-0.25, -0.2) is 4.98 Å². The smallest absolute Gasteiger partial charge is 0.222 e. The van der Waals surface area contributed by atoms with Crippen molar-refractivity contribution in [2.24, 2.45) is 0 Å². The van der Waals surface area contributed by atoms with E-state index in [-0.39, 0.29) is 5.91 Å². The molecule has 4 heteroatoms. The molecule has 0 saturated heterocycles. The Morgan fingerprint density at radius 3 is 3.00 bits per heavy atom. The molecule has 0 bridgehead atoms. The fourth-order valence-corrected chi connectivity index (χ4v) is 1.31. The third-order valence-corrected chi connectivity index (χ3v) is 2.12. The number of carbonyl (C=O) groups excluding carboxylic acids is 1. The van der Waals surface area contributed by atoms with E-state index < -0.39 is 0 Å².